The minimum absolute atomic E-state index is 0.0713. The normalized spacial score (nSPS) is 21.3. The van der Waals surface area contributed by atoms with Crippen molar-refractivity contribution in [3.8, 4) is 0 Å². The van der Waals surface area contributed by atoms with E-state index in [2.05, 4.69) is 52.8 Å². The van der Waals surface area contributed by atoms with Gasteiger partial charge in [0, 0.05) is 0 Å². The Bertz CT molecular complexity index is 622. The second-order valence-corrected chi connectivity index (χ2v) is 6.86. The summed E-state index contributed by atoms with van der Waals surface area (Å²) in [6.07, 6.45) is 3.46. The molecular formula is C19H25NO. The number of aliphatic imine (C=N–C) groups is 1. The Morgan fingerprint density at radius 3 is 2.10 bits per heavy atom. The molecule has 21 heavy (non-hydrogen) atoms. The summed E-state index contributed by atoms with van der Waals surface area (Å²) >= 11 is 0. The van der Waals surface area contributed by atoms with Crippen molar-refractivity contribution in [1.82, 2.24) is 0 Å². The monoisotopic (exact) mass is 283 g/mol. The summed E-state index contributed by atoms with van der Waals surface area (Å²) in [7, 11) is 0. The molecule has 1 aromatic rings. The first-order chi connectivity index (χ1) is 9.71. The average molecular weight is 283 g/mol. The molecule has 1 aliphatic carbocycles. The lowest BCUT2D eigenvalue weighted by molar-refractivity contribution is 0.245. The number of benzene rings is 1. The molecule has 2 nitrogen and oxygen atoms in total. The van der Waals surface area contributed by atoms with Crippen LogP contribution in [0.4, 0.5) is 5.69 Å². The fourth-order valence-electron chi connectivity index (χ4n) is 2.67. The SMILES string of the molecule is CC1=CC=C(C(C)(C)C)C(O)C1=Nc1c(C)cccc1C. The lowest BCUT2D eigenvalue weighted by atomic mass is 9.78. The number of allylic oxidation sites excluding steroid dienone is 2. The summed E-state index contributed by atoms with van der Waals surface area (Å²) in [6.45, 7) is 12.5. The number of aryl methyl sites for hydroxylation is 2. The Hall–Kier alpha value is -1.67. The van der Waals surface area contributed by atoms with Crippen LogP contribution in [0.2, 0.25) is 0 Å². The molecule has 1 aliphatic rings. The van der Waals surface area contributed by atoms with Gasteiger partial charge in [0.25, 0.3) is 0 Å². The minimum Gasteiger partial charge on any atom is -0.382 e. The number of hydrogen-bond donors (Lipinski definition) is 1. The van der Waals surface area contributed by atoms with Gasteiger partial charge >= 0.3 is 0 Å². The molecule has 0 aromatic heterocycles. The van der Waals surface area contributed by atoms with Crippen LogP contribution in [0.5, 0.6) is 0 Å². The van der Waals surface area contributed by atoms with Gasteiger partial charge < -0.3 is 5.11 Å². The third kappa shape index (κ3) is 3.16. The Kier molecular flexibility index (Phi) is 4.20. The topological polar surface area (TPSA) is 32.6 Å². The molecule has 0 bridgehead atoms. The number of aliphatic hydroxyl groups excluding tert-OH is 1. The minimum atomic E-state index is -0.631. The third-order valence-corrected chi connectivity index (χ3v) is 4.01. The van der Waals surface area contributed by atoms with E-state index in [1.807, 2.05) is 19.1 Å². The molecule has 0 amide bonds. The highest BCUT2D eigenvalue weighted by Crippen LogP contribution is 2.34. The summed E-state index contributed by atoms with van der Waals surface area (Å²) in [5.74, 6) is 0. The number of hydrogen-bond acceptors (Lipinski definition) is 2. The zero-order valence-corrected chi connectivity index (χ0v) is 13.9. The standard InChI is InChI=1S/C19H25NO/c1-12-8-7-9-13(2)16(12)20-17-14(3)10-11-15(18(17)21)19(4,5)6/h7-11,18,21H,1-6H3. The lowest BCUT2D eigenvalue weighted by Gasteiger charge is -2.31. The van der Waals surface area contributed by atoms with Gasteiger partial charge in [-0.25, -0.2) is 4.99 Å². The predicted octanol–water partition coefficient (Wildman–Crippen LogP) is 4.67. The molecule has 112 valence electrons. The van der Waals surface area contributed by atoms with Gasteiger partial charge in [0.1, 0.15) is 6.10 Å². The summed E-state index contributed by atoms with van der Waals surface area (Å²) in [6, 6.07) is 6.15. The number of rotatable bonds is 1. The molecule has 0 spiro atoms. The largest absolute Gasteiger partial charge is 0.382 e. The van der Waals surface area contributed by atoms with Gasteiger partial charge in [0.05, 0.1) is 11.4 Å². The molecule has 0 heterocycles. The van der Waals surface area contributed by atoms with Crippen LogP contribution in [0, 0.1) is 19.3 Å². The highest BCUT2D eigenvalue weighted by atomic mass is 16.3. The van der Waals surface area contributed by atoms with E-state index < -0.39 is 6.10 Å². The van der Waals surface area contributed by atoms with E-state index in [1.165, 1.54) is 0 Å². The third-order valence-electron chi connectivity index (χ3n) is 4.01. The van der Waals surface area contributed by atoms with Crippen LogP contribution >= 0.6 is 0 Å². The Morgan fingerprint density at radius 1 is 1.00 bits per heavy atom. The second kappa shape index (κ2) is 5.61. The number of aliphatic hydroxyl groups is 1. The maximum atomic E-state index is 10.7. The van der Waals surface area contributed by atoms with Crippen LogP contribution in [0.3, 0.4) is 0 Å². The molecule has 1 unspecified atom stereocenters. The first-order valence-electron chi connectivity index (χ1n) is 7.44. The van der Waals surface area contributed by atoms with Crippen molar-refractivity contribution in [3.63, 3.8) is 0 Å². The van der Waals surface area contributed by atoms with Crippen LogP contribution in [-0.2, 0) is 0 Å². The van der Waals surface area contributed by atoms with Crippen molar-refractivity contribution in [3.05, 3.63) is 52.6 Å². The van der Waals surface area contributed by atoms with Gasteiger partial charge in [-0.05, 0) is 48.5 Å². The van der Waals surface area contributed by atoms with Crippen molar-refractivity contribution < 1.29 is 5.11 Å². The summed E-state index contributed by atoms with van der Waals surface area (Å²) in [4.78, 5) is 4.80. The Morgan fingerprint density at radius 2 is 1.57 bits per heavy atom. The van der Waals surface area contributed by atoms with Gasteiger partial charge in [-0.2, -0.15) is 0 Å². The Balaban J connectivity index is 2.52. The fraction of sp³-hybridized carbons (Fsp3) is 0.421. The van der Waals surface area contributed by atoms with Gasteiger partial charge in [0.2, 0.25) is 0 Å². The molecule has 1 aromatic carbocycles. The van der Waals surface area contributed by atoms with Crippen LogP contribution in [0.1, 0.15) is 38.8 Å². The van der Waals surface area contributed by atoms with Crippen molar-refractivity contribution >= 4 is 11.4 Å². The smallest absolute Gasteiger partial charge is 0.118 e. The van der Waals surface area contributed by atoms with E-state index in [4.69, 9.17) is 4.99 Å². The van der Waals surface area contributed by atoms with E-state index >= 15 is 0 Å². The van der Waals surface area contributed by atoms with E-state index in [1.54, 1.807) is 0 Å². The summed E-state index contributed by atoms with van der Waals surface area (Å²) in [5.41, 5.74) is 5.97. The quantitative estimate of drug-likeness (QED) is 0.798. The van der Waals surface area contributed by atoms with Crippen molar-refractivity contribution in [2.45, 2.75) is 47.6 Å². The van der Waals surface area contributed by atoms with Gasteiger partial charge in [0.15, 0.2) is 0 Å². The molecule has 0 fully saturated rings. The molecule has 2 heteroatoms. The van der Waals surface area contributed by atoms with Crippen LogP contribution < -0.4 is 0 Å². The maximum absolute atomic E-state index is 10.7. The molecule has 0 radical (unpaired) electrons. The van der Waals surface area contributed by atoms with E-state index in [0.717, 1.165) is 33.7 Å². The number of para-hydroxylation sites is 1. The second-order valence-electron chi connectivity index (χ2n) is 6.86. The zero-order valence-electron chi connectivity index (χ0n) is 13.9. The maximum Gasteiger partial charge on any atom is 0.118 e. The molecular weight excluding hydrogens is 258 g/mol. The van der Waals surface area contributed by atoms with Crippen molar-refractivity contribution in [1.29, 1.82) is 0 Å². The molecule has 0 aliphatic heterocycles. The van der Waals surface area contributed by atoms with E-state index in [0.29, 0.717) is 0 Å². The van der Waals surface area contributed by atoms with Crippen molar-refractivity contribution in [2.75, 3.05) is 0 Å². The highest BCUT2D eigenvalue weighted by molar-refractivity contribution is 6.07. The molecule has 1 N–H and O–H groups in total. The molecule has 0 saturated heterocycles. The first kappa shape index (κ1) is 15.7. The predicted molar refractivity (Wildman–Crippen MR) is 90.3 cm³/mol. The fourth-order valence-corrected chi connectivity index (χ4v) is 2.67. The summed E-state index contributed by atoms with van der Waals surface area (Å²) < 4.78 is 0. The number of nitrogens with zero attached hydrogens (tertiary/aromatic N) is 1. The molecule has 2 rings (SSSR count). The van der Waals surface area contributed by atoms with Crippen molar-refractivity contribution in [2.24, 2.45) is 10.4 Å². The first-order valence-corrected chi connectivity index (χ1v) is 7.44. The van der Waals surface area contributed by atoms with Gasteiger partial charge in [-0.15, -0.1) is 0 Å². The van der Waals surface area contributed by atoms with E-state index in [-0.39, 0.29) is 5.41 Å². The van der Waals surface area contributed by atoms with Gasteiger partial charge in [-0.1, -0.05) is 51.1 Å². The van der Waals surface area contributed by atoms with Gasteiger partial charge in [-0.3, -0.25) is 0 Å². The van der Waals surface area contributed by atoms with E-state index in [9.17, 15) is 5.11 Å². The Labute approximate surface area is 127 Å². The average Bonchev–Trinajstić information content (AvgIpc) is 2.35. The molecule has 1 atom stereocenters. The van der Waals surface area contributed by atoms with Crippen LogP contribution in [-0.4, -0.2) is 16.9 Å². The van der Waals surface area contributed by atoms with Crippen LogP contribution in [0.15, 0.2) is 46.5 Å². The van der Waals surface area contributed by atoms with Crippen LogP contribution in [0.25, 0.3) is 0 Å². The summed E-state index contributed by atoms with van der Waals surface area (Å²) in [5, 5.41) is 10.7. The lowest BCUT2D eigenvalue weighted by Crippen LogP contribution is -2.32. The highest BCUT2D eigenvalue weighted by Gasteiger charge is 2.30. The molecule has 0 saturated carbocycles. The zero-order chi connectivity index (χ0) is 15.8.